The van der Waals surface area contributed by atoms with Crippen molar-refractivity contribution in [1.29, 1.82) is 0 Å². The third-order valence-corrected chi connectivity index (χ3v) is 4.24. The van der Waals surface area contributed by atoms with E-state index in [2.05, 4.69) is 16.0 Å². The van der Waals surface area contributed by atoms with E-state index in [0.717, 1.165) is 25.8 Å². The Balaban J connectivity index is 1.60. The standard InChI is InChI=1S/C14H20N2O/c17-14-8-12-3-4-13(9-14)16(12)7-5-11-2-1-6-15-10-11/h1-2,6,10,12-14,17H,3-5,7-9H2. The molecule has 0 amide bonds. The van der Waals surface area contributed by atoms with Gasteiger partial charge in [0.2, 0.25) is 0 Å². The molecule has 2 aliphatic rings. The van der Waals surface area contributed by atoms with Crippen molar-refractivity contribution in [2.24, 2.45) is 0 Å². The first kappa shape index (κ1) is 11.2. The molecule has 0 aromatic carbocycles. The summed E-state index contributed by atoms with van der Waals surface area (Å²) in [5, 5.41) is 9.76. The van der Waals surface area contributed by atoms with Gasteiger partial charge >= 0.3 is 0 Å². The molecule has 2 unspecified atom stereocenters. The summed E-state index contributed by atoms with van der Waals surface area (Å²) < 4.78 is 0. The lowest BCUT2D eigenvalue weighted by Crippen LogP contribution is -2.45. The second kappa shape index (κ2) is 4.75. The van der Waals surface area contributed by atoms with Gasteiger partial charge in [0.25, 0.3) is 0 Å². The van der Waals surface area contributed by atoms with Crippen LogP contribution in [0, 0.1) is 0 Å². The zero-order valence-electron chi connectivity index (χ0n) is 10.1. The predicted molar refractivity (Wildman–Crippen MR) is 66.7 cm³/mol. The van der Waals surface area contributed by atoms with Gasteiger partial charge in [0.1, 0.15) is 0 Å². The predicted octanol–water partition coefficient (Wildman–Crippen LogP) is 1.61. The molecule has 0 saturated carbocycles. The number of aliphatic hydroxyl groups is 1. The van der Waals surface area contributed by atoms with Crippen LogP contribution in [0.4, 0.5) is 0 Å². The first-order chi connectivity index (χ1) is 8.33. The summed E-state index contributed by atoms with van der Waals surface area (Å²) in [6.07, 6.45) is 9.31. The van der Waals surface area contributed by atoms with Crippen LogP contribution in [0.25, 0.3) is 0 Å². The number of fused-ring (bicyclic) bond motifs is 2. The monoisotopic (exact) mass is 232 g/mol. The second-order valence-corrected chi connectivity index (χ2v) is 5.36. The lowest BCUT2D eigenvalue weighted by Gasteiger charge is -2.37. The Kier molecular flexibility index (Phi) is 3.12. The normalized spacial score (nSPS) is 32.9. The number of piperidine rings is 1. The Labute approximate surface area is 102 Å². The average molecular weight is 232 g/mol. The maximum Gasteiger partial charge on any atom is 0.0570 e. The van der Waals surface area contributed by atoms with Crippen LogP contribution in [0.15, 0.2) is 24.5 Å². The number of nitrogens with zero attached hydrogens (tertiary/aromatic N) is 2. The molecule has 17 heavy (non-hydrogen) atoms. The number of aromatic nitrogens is 1. The van der Waals surface area contributed by atoms with Crippen molar-refractivity contribution in [2.75, 3.05) is 6.54 Å². The average Bonchev–Trinajstić information content (AvgIpc) is 2.59. The molecular formula is C14H20N2O. The van der Waals surface area contributed by atoms with Crippen molar-refractivity contribution in [3.8, 4) is 0 Å². The highest BCUT2D eigenvalue weighted by Crippen LogP contribution is 2.35. The number of pyridine rings is 1. The van der Waals surface area contributed by atoms with Gasteiger partial charge in [0.15, 0.2) is 0 Å². The molecule has 3 nitrogen and oxygen atoms in total. The fourth-order valence-electron chi connectivity index (χ4n) is 3.41. The molecule has 0 radical (unpaired) electrons. The van der Waals surface area contributed by atoms with Crippen molar-refractivity contribution in [3.63, 3.8) is 0 Å². The van der Waals surface area contributed by atoms with E-state index in [0.29, 0.717) is 12.1 Å². The fraction of sp³-hybridized carbons (Fsp3) is 0.643. The molecule has 3 rings (SSSR count). The molecule has 2 atom stereocenters. The van der Waals surface area contributed by atoms with Crippen LogP contribution >= 0.6 is 0 Å². The largest absolute Gasteiger partial charge is 0.393 e. The Morgan fingerprint density at radius 3 is 2.71 bits per heavy atom. The molecule has 0 spiro atoms. The van der Waals surface area contributed by atoms with Gasteiger partial charge < -0.3 is 5.11 Å². The van der Waals surface area contributed by atoms with Gasteiger partial charge in [-0.2, -0.15) is 0 Å². The smallest absolute Gasteiger partial charge is 0.0570 e. The fourth-order valence-corrected chi connectivity index (χ4v) is 3.41. The first-order valence-electron chi connectivity index (χ1n) is 6.65. The quantitative estimate of drug-likeness (QED) is 0.860. The number of rotatable bonds is 3. The highest BCUT2D eigenvalue weighted by molar-refractivity contribution is 5.09. The van der Waals surface area contributed by atoms with Crippen LogP contribution in [0.5, 0.6) is 0 Å². The van der Waals surface area contributed by atoms with Crippen LogP contribution in [-0.4, -0.2) is 39.7 Å². The summed E-state index contributed by atoms with van der Waals surface area (Å²) in [5.74, 6) is 0. The molecule has 3 heterocycles. The van der Waals surface area contributed by atoms with Crippen LogP contribution in [0.1, 0.15) is 31.2 Å². The molecule has 2 saturated heterocycles. The lowest BCUT2D eigenvalue weighted by molar-refractivity contribution is 0.0362. The van der Waals surface area contributed by atoms with Crippen molar-refractivity contribution in [1.82, 2.24) is 9.88 Å². The van der Waals surface area contributed by atoms with E-state index < -0.39 is 0 Å². The highest BCUT2D eigenvalue weighted by Gasteiger charge is 2.39. The van der Waals surface area contributed by atoms with E-state index >= 15 is 0 Å². The molecular weight excluding hydrogens is 212 g/mol. The Hall–Kier alpha value is -0.930. The van der Waals surface area contributed by atoms with Gasteiger partial charge in [-0.15, -0.1) is 0 Å². The van der Waals surface area contributed by atoms with Gasteiger partial charge in [-0.05, 0) is 43.7 Å². The van der Waals surface area contributed by atoms with Crippen LogP contribution in [0.3, 0.4) is 0 Å². The van der Waals surface area contributed by atoms with Crippen LogP contribution in [0.2, 0.25) is 0 Å². The van der Waals surface area contributed by atoms with Crippen molar-refractivity contribution < 1.29 is 5.11 Å². The van der Waals surface area contributed by atoms with Crippen LogP contribution in [-0.2, 0) is 6.42 Å². The zero-order valence-corrected chi connectivity index (χ0v) is 10.1. The highest BCUT2D eigenvalue weighted by atomic mass is 16.3. The van der Waals surface area contributed by atoms with Gasteiger partial charge in [-0.3, -0.25) is 9.88 Å². The Morgan fingerprint density at radius 2 is 2.06 bits per heavy atom. The molecule has 2 bridgehead atoms. The molecule has 0 aliphatic carbocycles. The summed E-state index contributed by atoms with van der Waals surface area (Å²) in [6, 6.07) is 5.40. The number of aliphatic hydroxyl groups excluding tert-OH is 1. The van der Waals surface area contributed by atoms with Crippen molar-refractivity contribution >= 4 is 0 Å². The van der Waals surface area contributed by atoms with Gasteiger partial charge in [-0.25, -0.2) is 0 Å². The summed E-state index contributed by atoms with van der Waals surface area (Å²) in [7, 11) is 0. The van der Waals surface area contributed by atoms with Crippen LogP contribution < -0.4 is 0 Å². The molecule has 92 valence electrons. The maximum absolute atomic E-state index is 9.76. The third kappa shape index (κ3) is 2.35. The minimum atomic E-state index is -0.0536. The van der Waals surface area contributed by atoms with Crippen molar-refractivity contribution in [3.05, 3.63) is 30.1 Å². The topological polar surface area (TPSA) is 36.4 Å². The Morgan fingerprint density at radius 1 is 1.29 bits per heavy atom. The van der Waals surface area contributed by atoms with E-state index in [9.17, 15) is 5.11 Å². The number of hydrogen-bond donors (Lipinski definition) is 1. The van der Waals surface area contributed by atoms with Gasteiger partial charge in [0, 0.05) is 31.0 Å². The van der Waals surface area contributed by atoms with E-state index in [-0.39, 0.29) is 6.10 Å². The van der Waals surface area contributed by atoms with E-state index in [4.69, 9.17) is 0 Å². The van der Waals surface area contributed by atoms with Gasteiger partial charge in [-0.1, -0.05) is 6.07 Å². The van der Waals surface area contributed by atoms with Gasteiger partial charge in [0.05, 0.1) is 6.10 Å². The summed E-state index contributed by atoms with van der Waals surface area (Å²) in [5.41, 5.74) is 1.32. The Bertz CT molecular complexity index is 354. The third-order valence-electron chi connectivity index (χ3n) is 4.24. The molecule has 2 fully saturated rings. The molecule has 2 aliphatic heterocycles. The van der Waals surface area contributed by atoms with E-state index in [1.54, 1.807) is 0 Å². The molecule has 1 N–H and O–H groups in total. The summed E-state index contributed by atoms with van der Waals surface area (Å²) >= 11 is 0. The molecule has 1 aromatic rings. The second-order valence-electron chi connectivity index (χ2n) is 5.36. The van der Waals surface area contributed by atoms with E-state index in [1.807, 2.05) is 18.5 Å². The SMILES string of the molecule is OC1CC2CCC(C1)N2CCc1cccnc1. The van der Waals surface area contributed by atoms with Crippen molar-refractivity contribution in [2.45, 2.75) is 50.3 Å². The number of hydrogen-bond acceptors (Lipinski definition) is 3. The summed E-state index contributed by atoms with van der Waals surface area (Å²) in [6.45, 7) is 1.12. The first-order valence-corrected chi connectivity index (χ1v) is 6.65. The minimum absolute atomic E-state index is 0.0536. The summed E-state index contributed by atoms with van der Waals surface area (Å²) in [4.78, 5) is 6.77. The minimum Gasteiger partial charge on any atom is -0.393 e. The lowest BCUT2D eigenvalue weighted by atomic mass is 9.99. The molecule has 1 aromatic heterocycles. The van der Waals surface area contributed by atoms with E-state index in [1.165, 1.54) is 18.4 Å². The molecule has 3 heteroatoms. The maximum atomic E-state index is 9.76. The zero-order chi connectivity index (χ0) is 11.7.